The summed E-state index contributed by atoms with van der Waals surface area (Å²) in [6.07, 6.45) is 6.78. The highest BCUT2D eigenvalue weighted by Gasteiger charge is 2.25. The average molecular weight is 253 g/mol. The predicted octanol–water partition coefficient (Wildman–Crippen LogP) is 2.49. The standard InChI is InChI=1S/C13H23N3S/c1-13(2,12-15-7-8-17-12)16-9-10-3-5-11(14)6-4-10/h7-8,10-11,16H,3-6,9,14H2,1-2H3. The molecule has 0 atom stereocenters. The second kappa shape index (κ2) is 5.46. The molecule has 1 saturated carbocycles. The molecular weight excluding hydrogens is 230 g/mol. The van der Waals surface area contributed by atoms with Crippen LogP contribution in [-0.2, 0) is 5.54 Å². The van der Waals surface area contributed by atoms with Crippen molar-refractivity contribution in [3.05, 3.63) is 16.6 Å². The minimum atomic E-state index is -0.00622. The molecule has 1 fully saturated rings. The van der Waals surface area contributed by atoms with Gasteiger partial charge < -0.3 is 11.1 Å². The average Bonchev–Trinajstić information content (AvgIpc) is 2.82. The number of nitrogens with one attached hydrogen (secondary N) is 1. The van der Waals surface area contributed by atoms with E-state index in [-0.39, 0.29) is 5.54 Å². The Hall–Kier alpha value is -0.450. The highest BCUT2D eigenvalue weighted by molar-refractivity contribution is 7.09. The SMILES string of the molecule is CC(C)(NCC1CCC(N)CC1)c1nccs1. The zero-order valence-corrected chi connectivity index (χ0v) is 11.6. The highest BCUT2D eigenvalue weighted by atomic mass is 32.1. The van der Waals surface area contributed by atoms with E-state index in [0.717, 1.165) is 12.5 Å². The van der Waals surface area contributed by atoms with E-state index in [4.69, 9.17) is 5.73 Å². The second-order valence-electron chi connectivity index (χ2n) is 5.62. The normalized spacial score (nSPS) is 26.1. The number of aromatic nitrogens is 1. The fraction of sp³-hybridized carbons (Fsp3) is 0.769. The second-order valence-corrected chi connectivity index (χ2v) is 6.52. The van der Waals surface area contributed by atoms with Gasteiger partial charge in [-0.05, 0) is 52.0 Å². The lowest BCUT2D eigenvalue weighted by Crippen LogP contribution is -2.41. The molecule has 3 nitrogen and oxygen atoms in total. The molecule has 1 aromatic heterocycles. The first-order chi connectivity index (χ1) is 8.08. The summed E-state index contributed by atoms with van der Waals surface area (Å²) in [6, 6.07) is 0.443. The maximum Gasteiger partial charge on any atom is 0.112 e. The third-order valence-electron chi connectivity index (χ3n) is 3.69. The largest absolute Gasteiger partial charge is 0.328 e. The Morgan fingerprint density at radius 1 is 1.41 bits per heavy atom. The molecule has 0 aliphatic heterocycles. The van der Waals surface area contributed by atoms with Gasteiger partial charge in [0.25, 0.3) is 0 Å². The van der Waals surface area contributed by atoms with Crippen LogP contribution in [0.15, 0.2) is 11.6 Å². The first-order valence-electron chi connectivity index (χ1n) is 6.48. The molecule has 0 radical (unpaired) electrons. The van der Waals surface area contributed by atoms with E-state index in [9.17, 15) is 0 Å². The molecule has 2 rings (SSSR count). The van der Waals surface area contributed by atoms with Gasteiger partial charge in [-0.15, -0.1) is 11.3 Å². The molecule has 1 aromatic rings. The van der Waals surface area contributed by atoms with E-state index in [1.165, 1.54) is 30.7 Å². The van der Waals surface area contributed by atoms with Crippen LogP contribution >= 0.6 is 11.3 Å². The summed E-state index contributed by atoms with van der Waals surface area (Å²) < 4.78 is 0. The molecule has 0 saturated heterocycles. The molecule has 3 N–H and O–H groups in total. The molecular formula is C13H23N3S. The van der Waals surface area contributed by atoms with Gasteiger partial charge in [0.15, 0.2) is 0 Å². The number of nitrogens with zero attached hydrogens (tertiary/aromatic N) is 1. The fourth-order valence-corrected chi connectivity index (χ4v) is 3.14. The van der Waals surface area contributed by atoms with E-state index in [0.29, 0.717) is 6.04 Å². The third kappa shape index (κ3) is 3.50. The Morgan fingerprint density at radius 3 is 2.71 bits per heavy atom. The Labute approximate surface area is 108 Å². The molecule has 0 aromatic carbocycles. The molecule has 96 valence electrons. The molecule has 0 unspecified atom stereocenters. The minimum Gasteiger partial charge on any atom is -0.328 e. The van der Waals surface area contributed by atoms with Crippen LogP contribution in [0.1, 0.15) is 44.5 Å². The van der Waals surface area contributed by atoms with Crippen LogP contribution in [-0.4, -0.2) is 17.6 Å². The van der Waals surface area contributed by atoms with Gasteiger partial charge in [0.1, 0.15) is 5.01 Å². The van der Waals surface area contributed by atoms with Crippen LogP contribution in [0.2, 0.25) is 0 Å². The lowest BCUT2D eigenvalue weighted by atomic mass is 9.86. The molecule has 1 aliphatic carbocycles. The summed E-state index contributed by atoms with van der Waals surface area (Å²) in [6.45, 7) is 5.50. The van der Waals surface area contributed by atoms with Crippen molar-refractivity contribution >= 4 is 11.3 Å². The maximum atomic E-state index is 5.93. The molecule has 0 amide bonds. The van der Waals surface area contributed by atoms with Gasteiger partial charge >= 0.3 is 0 Å². The van der Waals surface area contributed by atoms with Crippen molar-refractivity contribution in [1.82, 2.24) is 10.3 Å². The quantitative estimate of drug-likeness (QED) is 0.867. The number of hydrogen-bond acceptors (Lipinski definition) is 4. The summed E-state index contributed by atoms with van der Waals surface area (Å²) in [5, 5.41) is 6.86. The number of nitrogens with two attached hydrogens (primary N) is 1. The van der Waals surface area contributed by atoms with Crippen molar-refractivity contribution in [2.24, 2.45) is 11.7 Å². The predicted molar refractivity (Wildman–Crippen MR) is 73.1 cm³/mol. The fourth-order valence-electron chi connectivity index (χ4n) is 2.40. The van der Waals surface area contributed by atoms with E-state index < -0.39 is 0 Å². The lowest BCUT2D eigenvalue weighted by Gasteiger charge is -2.30. The van der Waals surface area contributed by atoms with Crippen LogP contribution < -0.4 is 11.1 Å². The number of rotatable bonds is 4. The van der Waals surface area contributed by atoms with Crippen molar-refractivity contribution < 1.29 is 0 Å². The van der Waals surface area contributed by atoms with Crippen LogP contribution in [0, 0.1) is 5.92 Å². The Bertz CT molecular complexity index is 326. The zero-order valence-electron chi connectivity index (χ0n) is 10.8. The first kappa shape index (κ1) is 13.0. The number of hydrogen-bond donors (Lipinski definition) is 2. The monoisotopic (exact) mass is 253 g/mol. The summed E-state index contributed by atoms with van der Waals surface area (Å²) in [5.74, 6) is 0.786. The number of thiazole rings is 1. The van der Waals surface area contributed by atoms with E-state index >= 15 is 0 Å². The van der Waals surface area contributed by atoms with Crippen molar-refractivity contribution in [3.8, 4) is 0 Å². The molecule has 17 heavy (non-hydrogen) atoms. The van der Waals surface area contributed by atoms with Crippen LogP contribution in [0.4, 0.5) is 0 Å². The summed E-state index contributed by atoms with van der Waals surface area (Å²) >= 11 is 1.72. The lowest BCUT2D eigenvalue weighted by molar-refractivity contribution is 0.280. The summed E-state index contributed by atoms with van der Waals surface area (Å²) in [7, 11) is 0. The van der Waals surface area contributed by atoms with Crippen LogP contribution in [0.5, 0.6) is 0 Å². The van der Waals surface area contributed by atoms with Gasteiger partial charge in [-0.25, -0.2) is 4.98 Å². The molecule has 4 heteroatoms. The highest BCUT2D eigenvalue weighted by Crippen LogP contribution is 2.26. The Balaban J connectivity index is 1.81. The maximum absolute atomic E-state index is 5.93. The molecule has 0 spiro atoms. The zero-order chi connectivity index (χ0) is 12.3. The third-order valence-corrected chi connectivity index (χ3v) is 4.79. The van der Waals surface area contributed by atoms with Gasteiger partial charge in [0, 0.05) is 17.6 Å². The molecule has 1 aliphatic rings. The minimum absolute atomic E-state index is 0.00622. The smallest absolute Gasteiger partial charge is 0.112 e. The Morgan fingerprint density at radius 2 is 2.12 bits per heavy atom. The van der Waals surface area contributed by atoms with Crippen LogP contribution in [0.25, 0.3) is 0 Å². The van der Waals surface area contributed by atoms with Gasteiger partial charge in [0.2, 0.25) is 0 Å². The van der Waals surface area contributed by atoms with Crippen molar-refractivity contribution in [2.75, 3.05) is 6.54 Å². The first-order valence-corrected chi connectivity index (χ1v) is 7.36. The van der Waals surface area contributed by atoms with Gasteiger partial charge in [0.05, 0.1) is 5.54 Å². The van der Waals surface area contributed by atoms with E-state index in [1.54, 1.807) is 11.3 Å². The topological polar surface area (TPSA) is 50.9 Å². The van der Waals surface area contributed by atoms with Crippen LogP contribution in [0.3, 0.4) is 0 Å². The van der Waals surface area contributed by atoms with Crippen molar-refractivity contribution in [2.45, 2.75) is 51.1 Å². The van der Waals surface area contributed by atoms with Crippen molar-refractivity contribution in [1.29, 1.82) is 0 Å². The van der Waals surface area contributed by atoms with E-state index in [2.05, 4.69) is 24.1 Å². The molecule has 1 heterocycles. The summed E-state index contributed by atoms with van der Waals surface area (Å²) in [5.41, 5.74) is 5.92. The van der Waals surface area contributed by atoms with E-state index in [1.807, 2.05) is 11.6 Å². The summed E-state index contributed by atoms with van der Waals surface area (Å²) in [4.78, 5) is 4.40. The Kier molecular flexibility index (Phi) is 4.17. The van der Waals surface area contributed by atoms with Gasteiger partial charge in [-0.2, -0.15) is 0 Å². The van der Waals surface area contributed by atoms with Gasteiger partial charge in [-0.3, -0.25) is 0 Å². The van der Waals surface area contributed by atoms with Crippen molar-refractivity contribution in [3.63, 3.8) is 0 Å². The molecule has 0 bridgehead atoms. The van der Waals surface area contributed by atoms with Gasteiger partial charge in [-0.1, -0.05) is 0 Å².